The highest BCUT2D eigenvalue weighted by Crippen LogP contribution is 2.30. The number of nitrogens with zero attached hydrogens (tertiary/aromatic N) is 3. The predicted molar refractivity (Wildman–Crippen MR) is 139 cm³/mol. The van der Waals surface area contributed by atoms with Crippen molar-refractivity contribution in [3.8, 4) is 22.5 Å². The maximum absolute atomic E-state index is 12.4. The number of amides is 1. The monoisotopic (exact) mass is 477 g/mol. The molecule has 178 valence electrons. The molecule has 0 aliphatic rings. The van der Waals surface area contributed by atoms with Crippen LogP contribution in [0.5, 0.6) is 0 Å². The largest absolute Gasteiger partial charge is 0.459 e. The van der Waals surface area contributed by atoms with Crippen molar-refractivity contribution in [2.75, 3.05) is 5.32 Å². The second-order valence-corrected chi connectivity index (χ2v) is 8.83. The molecule has 0 saturated carbocycles. The molecule has 36 heavy (non-hydrogen) atoms. The minimum absolute atomic E-state index is 0.0577. The molecule has 4 aromatic heterocycles. The fourth-order valence-electron chi connectivity index (χ4n) is 4.10. The maximum atomic E-state index is 12.4. The number of carbonyl (C=O) groups excluding carboxylic acids is 1. The van der Waals surface area contributed by atoms with Crippen molar-refractivity contribution in [2.24, 2.45) is 0 Å². The number of hydrogen-bond donors (Lipinski definition) is 4. The van der Waals surface area contributed by atoms with Gasteiger partial charge < -0.3 is 20.0 Å². The molecule has 0 saturated heterocycles. The molecule has 0 unspecified atom stereocenters. The van der Waals surface area contributed by atoms with Gasteiger partial charge in [0.05, 0.1) is 12.5 Å². The van der Waals surface area contributed by atoms with E-state index in [0.717, 1.165) is 33.3 Å². The van der Waals surface area contributed by atoms with Gasteiger partial charge in [-0.15, -0.1) is 0 Å². The Hall–Kier alpha value is -4.92. The topological polar surface area (TPSA) is 125 Å². The second kappa shape index (κ2) is 8.70. The quantitative estimate of drug-likeness (QED) is 0.246. The van der Waals surface area contributed by atoms with Gasteiger partial charge in [0.2, 0.25) is 0 Å². The average Bonchev–Trinajstić information content (AvgIpc) is 3.64. The first-order valence-corrected chi connectivity index (χ1v) is 11.6. The number of benzene rings is 2. The first-order chi connectivity index (χ1) is 17.5. The molecule has 4 heterocycles. The van der Waals surface area contributed by atoms with E-state index in [1.807, 2.05) is 74.6 Å². The van der Waals surface area contributed by atoms with Crippen LogP contribution in [0, 0.1) is 0 Å². The molecule has 9 nitrogen and oxygen atoms in total. The number of aromatic nitrogens is 5. The third-order valence-electron chi connectivity index (χ3n) is 5.83. The van der Waals surface area contributed by atoms with Crippen molar-refractivity contribution < 1.29 is 9.21 Å². The van der Waals surface area contributed by atoms with Crippen LogP contribution in [0.2, 0.25) is 0 Å². The van der Waals surface area contributed by atoms with Crippen LogP contribution in [0.15, 0.2) is 77.7 Å². The number of aromatic amines is 2. The van der Waals surface area contributed by atoms with Crippen molar-refractivity contribution in [3.63, 3.8) is 0 Å². The Morgan fingerprint density at radius 1 is 0.972 bits per heavy atom. The van der Waals surface area contributed by atoms with Crippen LogP contribution in [0.3, 0.4) is 0 Å². The summed E-state index contributed by atoms with van der Waals surface area (Å²) in [5.74, 6) is 0.981. The van der Waals surface area contributed by atoms with Gasteiger partial charge in [0.1, 0.15) is 11.2 Å². The molecule has 1 amide bonds. The van der Waals surface area contributed by atoms with E-state index in [4.69, 9.17) is 14.4 Å². The van der Waals surface area contributed by atoms with Gasteiger partial charge in [-0.3, -0.25) is 9.89 Å². The lowest BCUT2D eigenvalue weighted by Gasteiger charge is -2.09. The van der Waals surface area contributed by atoms with E-state index in [-0.39, 0.29) is 11.9 Å². The number of H-pyrrole nitrogens is 2. The number of rotatable bonds is 6. The smallest absolute Gasteiger partial charge is 0.267 e. The third kappa shape index (κ3) is 4.07. The number of carbonyl (C=O) groups is 1. The highest BCUT2D eigenvalue weighted by molar-refractivity contribution is 5.99. The normalized spacial score (nSPS) is 11.4. The Kier molecular flexibility index (Phi) is 5.22. The van der Waals surface area contributed by atoms with E-state index < -0.39 is 0 Å². The summed E-state index contributed by atoms with van der Waals surface area (Å²) in [5.41, 5.74) is 6.38. The van der Waals surface area contributed by atoms with Gasteiger partial charge in [-0.2, -0.15) is 5.10 Å². The minimum atomic E-state index is -0.135. The van der Waals surface area contributed by atoms with Crippen molar-refractivity contribution >= 4 is 39.4 Å². The summed E-state index contributed by atoms with van der Waals surface area (Å²) in [4.78, 5) is 25.1. The van der Waals surface area contributed by atoms with Crippen LogP contribution in [-0.4, -0.2) is 37.1 Å². The maximum Gasteiger partial charge on any atom is 0.267 e. The SMILES string of the molecule is CC(C)NC(=O)c1cc2ccc(-c3nc(Nc4ccc(-c5cn[nH]c5)cc4)c4occc4n3)cc2[nH]1. The first kappa shape index (κ1) is 21.6. The van der Waals surface area contributed by atoms with E-state index in [9.17, 15) is 4.79 Å². The molecule has 6 rings (SSSR count). The number of fused-ring (bicyclic) bond motifs is 2. The van der Waals surface area contributed by atoms with Crippen LogP contribution in [0.1, 0.15) is 24.3 Å². The van der Waals surface area contributed by atoms with Crippen molar-refractivity contribution in [1.29, 1.82) is 0 Å². The van der Waals surface area contributed by atoms with Gasteiger partial charge in [0.15, 0.2) is 17.2 Å². The minimum Gasteiger partial charge on any atom is -0.459 e. The summed E-state index contributed by atoms with van der Waals surface area (Å²) in [6.45, 7) is 3.86. The average molecular weight is 478 g/mol. The van der Waals surface area contributed by atoms with Crippen molar-refractivity contribution in [3.05, 3.63) is 78.9 Å². The van der Waals surface area contributed by atoms with Gasteiger partial charge >= 0.3 is 0 Å². The standard InChI is InChI=1S/C27H23N7O2/c1-15(2)30-27(35)23-11-17-3-4-18(12-22(17)32-23)25-33-21-9-10-36-24(21)26(34-25)31-20-7-5-16(6-8-20)19-13-28-29-14-19/h3-15,32H,1-2H3,(H,28,29)(H,30,35)(H,31,33,34). The van der Waals surface area contributed by atoms with E-state index >= 15 is 0 Å². The molecular weight excluding hydrogens is 454 g/mol. The van der Waals surface area contributed by atoms with Crippen molar-refractivity contribution in [2.45, 2.75) is 19.9 Å². The second-order valence-electron chi connectivity index (χ2n) is 8.83. The van der Waals surface area contributed by atoms with Crippen LogP contribution >= 0.6 is 0 Å². The summed E-state index contributed by atoms with van der Waals surface area (Å²) >= 11 is 0. The Balaban J connectivity index is 1.33. The molecule has 4 N–H and O–H groups in total. The number of hydrogen-bond acceptors (Lipinski definition) is 6. The molecule has 0 aliphatic heterocycles. The highest BCUT2D eigenvalue weighted by atomic mass is 16.3. The van der Waals surface area contributed by atoms with Gasteiger partial charge in [0.25, 0.3) is 5.91 Å². The van der Waals surface area contributed by atoms with Gasteiger partial charge in [-0.1, -0.05) is 24.3 Å². The molecule has 2 aromatic carbocycles. The lowest BCUT2D eigenvalue weighted by atomic mass is 10.1. The summed E-state index contributed by atoms with van der Waals surface area (Å²) in [7, 11) is 0. The fraction of sp³-hybridized carbons (Fsp3) is 0.111. The highest BCUT2D eigenvalue weighted by Gasteiger charge is 2.15. The first-order valence-electron chi connectivity index (χ1n) is 11.6. The van der Waals surface area contributed by atoms with Gasteiger partial charge in [-0.05, 0) is 43.7 Å². The number of furan rings is 1. The zero-order valence-corrected chi connectivity index (χ0v) is 19.7. The van der Waals surface area contributed by atoms with Crippen LogP contribution in [0.25, 0.3) is 44.5 Å². The van der Waals surface area contributed by atoms with Gasteiger partial charge in [-0.25, -0.2) is 9.97 Å². The van der Waals surface area contributed by atoms with Crippen LogP contribution in [-0.2, 0) is 0 Å². The molecule has 6 aromatic rings. The van der Waals surface area contributed by atoms with E-state index in [2.05, 4.69) is 25.8 Å². The zero-order valence-electron chi connectivity index (χ0n) is 19.7. The molecule has 9 heteroatoms. The molecule has 0 fully saturated rings. The Bertz CT molecular complexity index is 1680. The molecule has 0 bridgehead atoms. The lowest BCUT2D eigenvalue weighted by Crippen LogP contribution is -2.30. The lowest BCUT2D eigenvalue weighted by molar-refractivity contribution is 0.0939. The fourth-order valence-corrected chi connectivity index (χ4v) is 4.10. The predicted octanol–water partition coefficient (Wildman–Crippen LogP) is 5.64. The Morgan fingerprint density at radius 2 is 1.81 bits per heavy atom. The summed E-state index contributed by atoms with van der Waals surface area (Å²) in [5, 5.41) is 14.0. The molecular formula is C27H23N7O2. The molecule has 0 radical (unpaired) electrons. The molecule has 0 spiro atoms. The molecule has 0 aliphatic carbocycles. The number of anilines is 2. The Labute approximate surface area is 206 Å². The van der Waals surface area contributed by atoms with E-state index in [1.165, 1.54) is 0 Å². The summed E-state index contributed by atoms with van der Waals surface area (Å²) in [6.07, 6.45) is 5.24. The van der Waals surface area contributed by atoms with E-state index in [1.54, 1.807) is 12.5 Å². The molecule has 0 atom stereocenters. The van der Waals surface area contributed by atoms with E-state index in [0.29, 0.717) is 28.4 Å². The van der Waals surface area contributed by atoms with Gasteiger partial charge in [0, 0.05) is 46.0 Å². The summed E-state index contributed by atoms with van der Waals surface area (Å²) in [6, 6.07) is 17.6. The van der Waals surface area contributed by atoms with Crippen molar-refractivity contribution in [1.82, 2.24) is 30.5 Å². The third-order valence-corrected chi connectivity index (χ3v) is 5.83. The van der Waals surface area contributed by atoms with Crippen LogP contribution in [0.4, 0.5) is 11.5 Å². The zero-order chi connectivity index (χ0) is 24.6. The summed E-state index contributed by atoms with van der Waals surface area (Å²) < 4.78 is 5.68. The van der Waals surface area contributed by atoms with Crippen LogP contribution < -0.4 is 10.6 Å². The Morgan fingerprint density at radius 3 is 2.58 bits per heavy atom. The number of nitrogens with one attached hydrogen (secondary N) is 4.